The topological polar surface area (TPSA) is 87.1 Å². The first kappa shape index (κ1) is 23.9. The Bertz CT molecular complexity index is 1270. The average Bonchev–Trinajstić information content (AvgIpc) is 3.08. The molecule has 1 heterocycles. The van der Waals surface area contributed by atoms with Gasteiger partial charge in [0.15, 0.2) is 0 Å². The maximum Gasteiger partial charge on any atom is 0.295 e. The number of phenolic OH excluding ortho intramolecular Hbond substituents is 1. The normalized spacial score (nSPS) is 17.3. The van der Waals surface area contributed by atoms with Gasteiger partial charge >= 0.3 is 0 Å². The van der Waals surface area contributed by atoms with Gasteiger partial charge in [-0.25, -0.2) is 0 Å². The maximum atomic E-state index is 13.1. The van der Waals surface area contributed by atoms with Crippen molar-refractivity contribution in [1.82, 2.24) is 4.90 Å². The van der Waals surface area contributed by atoms with E-state index in [0.29, 0.717) is 32.8 Å². The van der Waals surface area contributed by atoms with Crippen molar-refractivity contribution < 1.29 is 24.5 Å². The second kappa shape index (κ2) is 9.91. The van der Waals surface area contributed by atoms with Crippen molar-refractivity contribution in [1.29, 1.82) is 0 Å². The highest BCUT2D eigenvalue weighted by atomic mass is 79.9. The Labute approximate surface area is 210 Å². The first-order chi connectivity index (χ1) is 16.3. The number of rotatable bonds is 6. The quantitative estimate of drug-likeness (QED) is 0.245. The molecule has 2 N–H and O–H groups in total. The number of phenols is 1. The number of Topliss-reactive ketones (excluding diaryl/α,β-unsaturated/α-hetero) is 1. The largest absolute Gasteiger partial charge is 0.508 e. The van der Waals surface area contributed by atoms with Gasteiger partial charge in [0.2, 0.25) is 0 Å². The van der Waals surface area contributed by atoms with Crippen LogP contribution in [-0.2, 0) is 16.0 Å². The van der Waals surface area contributed by atoms with Gasteiger partial charge in [-0.05, 0) is 75.9 Å². The molecule has 0 bridgehead atoms. The van der Waals surface area contributed by atoms with Crippen LogP contribution in [0.15, 0.2) is 76.8 Å². The molecule has 1 amide bonds. The molecule has 0 saturated carbocycles. The lowest BCUT2D eigenvalue weighted by molar-refractivity contribution is -0.139. The number of carbonyl (C=O) groups excluding carboxylic acids is 2. The average molecular weight is 543 g/mol. The van der Waals surface area contributed by atoms with E-state index in [1.165, 1.54) is 24.1 Å². The van der Waals surface area contributed by atoms with E-state index < -0.39 is 17.7 Å². The van der Waals surface area contributed by atoms with Crippen molar-refractivity contribution in [2.45, 2.75) is 12.5 Å². The van der Waals surface area contributed by atoms with E-state index in [4.69, 9.17) is 16.3 Å². The summed E-state index contributed by atoms with van der Waals surface area (Å²) >= 11 is 9.35. The van der Waals surface area contributed by atoms with E-state index in [0.717, 1.165) is 5.56 Å². The van der Waals surface area contributed by atoms with E-state index in [9.17, 15) is 19.8 Å². The molecular weight excluding hydrogens is 522 g/mol. The summed E-state index contributed by atoms with van der Waals surface area (Å²) in [6.07, 6.45) is 0.493. The van der Waals surface area contributed by atoms with Crippen LogP contribution in [0.4, 0.5) is 0 Å². The second-order valence-corrected chi connectivity index (χ2v) is 9.10. The van der Waals surface area contributed by atoms with Gasteiger partial charge in [0.05, 0.1) is 23.2 Å². The van der Waals surface area contributed by atoms with Crippen molar-refractivity contribution in [2.75, 3.05) is 13.7 Å². The van der Waals surface area contributed by atoms with E-state index in [2.05, 4.69) is 15.9 Å². The fourth-order valence-corrected chi connectivity index (χ4v) is 4.65. The number of aromatic hydroxyl groups is 1. The Morgan fingerprint density at radius 1 is 1.06 bits per heavy atom. The first-order valence-corrected chi connectivity index (χ1v) is 11.6. The van der Waals surface area contributed by atoms with Gasteiger partial charge in [-0.1, -0.05) is 35.9 Å². The van der Waals surface area contributed by atoms with Gasteiger partial charge in [-0.15, -0.1) is 0 Å². The van der Waals surface area contributed by atoms with E-state index >= 15 is 0 Å². The number of benzene rings is 3. The van der Waals surface area contributed by atoms with Crippen LogP contribution in [0.3, 0.4) is 0 Å². The molecule has 1 saturated heterocycles. The van der Waals surface area contributed by atoms with Crippen molar-refractivity contribution in [2.24, 2.45) is 0 Å². The summed E-state index contributed by atoms with van der Waals surface area (Å²) < 4.78 is 5.83. The van der Waals surface area contributed by atoms with Crippen molar-refractivity contribution in [3.63, 3.8) is 0 Å². The van der Waals surface area contributed by atoms with Crippen LogP contribution in [0.1, 0.15) is 22.7 Å². The Hall–Kier alpha value is -3.29. The molecular formula is C26H21BrClNO5. The monoisotopic (exact) mass is 541 g/mol. The molecule has 0 aliphatic carbocycles. The number of hydrogen-bond donors (Lipinski definition) is 2. The van der Waals surface area contributed by atoms with Gasteiger partial charge < -0.3 is 19.8 Å². The summed E-state index contributed by atoms with van der Waals surface area (Å²) in [7, 11) is 1.52. The number of carbonyl (C=O) groups is 2. The minimum absolute atomic E-state index is 0.0103. The molecule has 3 aromatic rings. The zero-order valence-electron chi connectivity index (χ0n) is 18.2. The number of ether oxygens (including phenoxy) is 1. The zero-order chi connectivity index (χ0) is 24.4. The minimum Gasteiger partial charge on any atom is -0.508 e. The van der Waals surface area contributed by atoms with Crippen LogP contribution in [0.5, 0.6) is 11.5 Å². The first-order valence-electron chi connectivity index (χ1n) is 10.5. The molecule has 174 valence electrons. The predicted molar refractivity (Wildman–Crippen MR) is 133 cm³/mol. The number of halogens is 2. The summed E-state index contributed by atoms with van der Waals surface area (Å²) in [6, 6.07) is 17.6. The van der Waals surface area contributed by atoms with E-state index in [1.54, 1.807) is 42.5 Å². The minimum atomic E-state index is -0.811. The van der Waals surface area contributed by atoms with Gasteiger partial charge in [0.1, 0.15) is 17.3 Å². The van der Waals surface area contributed by atoms with Gasteiger partial charge in [0.25, 0.3) is 11.7 Å². The van der Waals surface area contributed by atoms with Crippen LogP contribution in [0.25, 0.3) is 5.76 Å². The van der Waals surface area contributed by atoms with Crippen LogP contribution >= 0.6 is 27.5 Å². The highest BCUT2D eigenvalue weighted by Gasteiger charge is 2.45. The van der Waals surface area contributed by atoms with Crippen molar-refractivity contribution >= 4 is 45.0 Å². The van der Waals surface area contributed by atoms with E-state index in [-0.39, 0.29) is 23.6 Å². The number of aliphatic hydroxyl groups is 1. The zero-order valence-corrected chi connectivity index (χ0v) is 20.5. The number of aliphatic hydroxyl groups excluding tert-OH is 1. The van der Waals surface area contributed by atoms with Crippen LogP contribution in [-0.4, -0.2) is 40.5 Å². The Balaban J connectivity index is 1.77. The second-order valence-electron chi connectivity index (χ2n) is 7.81. The molecule has 1 fully saturated rings. The molecule has 6 nitrogen and oxygen atoms in total. The number of methoxy groups -OCH3 is 1. The molecule has 1 atom stereocenters. The van der Waals surface area contributed by atoms with Gasteiger partial charge in [-0.2, -0.15) is 0 Å². The number of likely N-dealkylation sites (tertiary alicyclic amines) is 1. The van der Waals surface area contributed by atoms with Crippen molar-refractivity contribution in [3.8, 4) is 11.5 Å². The number of hydrogen-bond acceptors (Lipinski definition) is 5. The summed E-state index contributed by atoms with van der Waals surface area (Å²) in [6.45, 7) is 0.251. The highest BCUT2D eigenvalue weighted by molar-refractivity contribution is 9.10. The lowest BCUT2D eigenvalue weighted by Crippen LogP contribution is -2.31. The summed E-state index contributed by atoms with van der Waals surface area (Å²) in [5.74, 6) is -1.12. The summed E-state index contributed by atoms with van der Waals surface area (Å²) in [5.41, 5.74) is 1.91. The van der Waals surface area contributed by atoms with Crippen LogP contribution in [0.2, 0.25) is 5.02 Å². The Morgan fingerprint density at radius 2 is 1.74 bits per heavy atom. The third-order valence-corrected chi connectivity index (χ3v) is 6.60. The van der Waals surface area contributed by atoms with Crippen LogP contribution < -0.4 is 4.74 Å². The molecule has 1 unspecified atom stereocenters. The number of nitrogens with zero attached hydrogens (tertiary/aromatic N) is 1. The highest BCUT2D eigenvalue weighted by Crippen LogP contribution is 2.40. The molecule has 4 rings (SSSR count). The van der Waals surface area contributed by atoms with Gasteiger partial charge in [0, 0.05) is 17.1 Å². The lowest BCUT2D eigenvalue weighted by Gasteiger charge is -2.25. The molecule has 0 aromatic heterocycles. The fraction of sp³-hybridized carbons (Fsp3) is 0.154. The SMILES string of the molecule is COc1ccc(/C(O)=C2/C(=O)C(=O)N(CCc3ccc(Cl)cc3)C2c2ccc(O)cc2)cc1Br. The number of ketones is 1. The Kier molecular flexibility index (Phi) is 6.95. The molecule has 0 radical (unpaired) electrons. The predicted octanol–water partition coefficient (Wildman–Crippen LogP) is 5.48. The summed E-state index contributed by atoms with van der Waals surface area (Å²) in [5, 5.41) is 21.5. The standard InChI is InChI=1S/C26H21BrClNO5/c1-34-21-11-6-17(14-20(21)27)24(31)22-23(16-4-9-19(30)10-5-16)29(26(33)25(22)32)13-12-15-2-7-18(28)8-3-15/h2-11,14,23,30-31H,12-13H2,1H3/b24-22-. The molecule has 1 aliphatic heterocycles. The smallest absolute Gasteiger partial charge is 0.295 e. The molecule has 34 heavy (non-hydrogen) atoms. The molecule has 3 aromatic carbocycles. The summed E-state index contributed by atoms with van der Waals surface area (Å²) in [4.78, 5) is 27.7. The third kappa shape index (κ3) is 4.67. The fourth-order valence-electron chi connectivity index (χ4n) is 3.98. The third-order valence-electron chi connectivity index (χ3n) is 5.73. The van der Waals surface area contributed by atoms with Crippen LogP contribution in [0, 0.1) is 0 Å². The Morgan fingerprint density at radius 3 is 2.35 bits per heavy atom. The van der Waals surface area contributed by atoms with Gasteiger partial charge in [-0.3, -0.25) is 9.59 Å². The van der Waals surface area contributed by atoms with E-state index in [1.807, 2.05) is 12.1 Å². The number of amides is 1. The molecule has 1 aliphatic rings. The lowest BCUT2D eigenvalue weighted by atomic mass is 9.95. The molecule has 8 heteroatoms. The maximum absolute atomic E-state index is 13.1. The molecule has 0 spiro atoms. The van der Waals surface area contributed by atoms with Crippen molar-refractivity contribution in [3.05, 3.63) is 98.5 Å².